The van der Waals surface area contributed by atoms with Gasteiger partial charge in [-0.25, -0.2) is 13.0 Å². The van der Waals surface area contributed by atoms with Crippen LogP contribution in [0.15, 0.2) is 46.9 Å². The zero-order valence-corrected chi connectivity index (χ0v) is 23.1. The predicted molar refractivity (Wildman–Crippen MR) is 128 cm³/mol. The van der Waals surface area contributed by atoms with E-state index >= 15 is 0 Å². The van der Waals surface area contributed by atoms with Crippen LogP contribution >= 0.6 is 31.1 Å². The molecule has 1 atom stereocenters. The van der Waals surface area contributed by atoms with E-state index in [1.165, 1.54) is 26.0 Å². The molecule has 0 aliphatic heterocycles. The Morgan fingerprint density at radius 3 is 1.94 bits per heavy atom. The highest BCUT2D eigenvalue weighted by Gasteiger charge is 2.54. The van der Waals surface area contributed by atoms with Crippen molar-refractivity contribution in [1.82, 2.24) is 0 Å². The smallest absolute Gasteiger partial charge is 0.420 e. The van der Waals surface area contributed by atoms with E-state index in [0.717, 1.165) is 30.3 Å². The van der Waals surface area contributed by atoms with E-state index < -0.39 is 53.9 Å². The lowest BCUT2D eigenvalue weighted by molar-refractivity contribution is 0.0360. The molecule has 0 saturated heterocycles. The summed E-state index contributed by atoms with van der Waals surface area (Å²) in [7, 11) is -13.9. The number of halogens is 5. The van der Waals surface area contributed by atoms with Crippen LogP contribution in [0, 0.1) is 0 Å². The molecule has 0 saturated carbocycles. The van der Waals surface area contributed by atoms with Crippen molar-refractivity contribution in [3.05, 3.63) is 63.6 Å². The number of sulfone groups is 1. The van der Waals surface area contributed by atoms with Gasteiger partial charge in [0.05, 0.1) is 29.2 Å². The molecule has 0 aliphatic rings. The molecular formula is C20H23BrF4O8P2S. The van der Waals surface area contributed by atoms with E-state index in [0.29, 0.717) is 0 Å². The molecule has 0 fully saturated rings. The number of hydrogen-bond donors (Lipinski definition) is 1. The van der Waals surface area contributed by atoms with Crippen molar-refractivity contribution in [3.63, 3.8) is 0 Å². The van der Waals surface area contributed by atoms with Crippen molar-refractivity contribution >= 4 is 41.0 Å². The molecule has 8 nitrogen and oxygen atoms in total. The van der Waals surface area contributed by atoms with Gasteiger partial charge in [0.2, 0.25) is 0 Å². The van der Waals surface area contributed by atoms with Crippen LogP contribution in [-0.2, 0) is 45.2 Å². The van der Waals surface area contributed by atoms with Gasteiger partial charge in [0.25, 0.3) is 0 Å². The van der Waals surface area contributed by atoms with Crippen molar-refractivity contribution in [2.45, 2.75) is 37.2 Å². The van der Waals surface area contributed by atoms with Gasteiger partial charge in [-0.3, -0.25) is 4.57 Å². The van der Waals surface area contributed by atoms with Gasteiger partial charge in [-0.15, -0.1) is 0 Å². The normalized spacial score (nSPS) is 14.6. The van der Waals surface area contributed by atoms with E-state index in [1.807, 2.05) is 0 Å². The first-order valence-corrected chi connectivity index (χ1v) is 16.0. The Bertz CT molecular complexity index is 1250. The fraction of sp³-hybridized carbons (Fsp3) is 0.400. The summed E-state index contributed by atoms with van der Waals surface area (Å²) in [5, 5.41) is 0. The molecule has 36 heavy (non-hydrogen) atoms. The Hall–Kier alpha value is -1.27. The van der Waals surface area contributed by atoms with Crippen molar-refractivity contribution < 1.29 is 53.6 Å². The Kier molecular flexibility index (Phi) is 10.4. The maximum absolute atomic E-state index is 14.8. The molecule has 202 valence electrons. The molecule has 16 heteroatoms. The lowest BCUT2D eigenvalue weighted by Gasteiger charge is -2.26. The molecule has 1 unspecified atom stereocenters. The monoisotopic (exact) mass is 640 g/mol. The SMILES string of the molecule is CCOP(=O)(OCC)C(F)(F)c1ccc(CS(=O)(=O)Cc2ccc(OP(=O)(O)C(F)F)c(Br)c2)cc1. The highest BCUT2D eigenvalue weighted by molar-refractivity contribution is 9.10. The second-order valence-corrected chi connectivity index (χ2v) is 14.0. The highest BCUT2D eigenvalue weighted by Crippen LogP contribution is 2.66. The topological polar surface area (TPSA) is 116 Å². The molecule has 0 aliphatic carbocycles. The van der Waals surface area contributed by atoms with Crippen LogP contribution in [-0.4, -0.2) is 32.7 Å². The molecule has 2 aromatic carbocycles. The van der Waals surface area contributed by atoms with E-state index in [4.69, 9.17) is 13.9 Å². The molecule has 0 heterocycles. The second kappa shape index (κ2) is 12.1. The third-order valence-corrected chi connectivity index (χ3v) is 9.75. The van der Waals surface area contributed by atoms with E-state index in [9.17, 15) is 35.1 Å². The maximum atomic E-state index is 14.8. The second-order valence-electron chi connectivity index (χ2n) is 7.30. The maximum Gasteiger partial charge on any atom is 0.442 e. The minimum absolute atomic E-state index is 0.0234. The molecule has 1 N–H and O–H groups in total. The van der Waals surface area contributed by atoms with Crippen molar-refractivity contribution in [2.75, 3.05) is 13.2 Å². The summed E-state index contributed by atoms with van der Waals surface area (Å²) >= 11 is 2.98. The number of rotatable bonds is 13. The number of alkyl halides is 4. The Morgan fingerprint density at radius 2 is 1.47 bits per heavy atom. The summed E-state index contributed by atoms with van der Waals surface area (Å²) in [6.45, 7) is 2.25. The standard InChI is InChI=1S/C20H23BrF4O8P2S/c1-3-31-35(28,32-4-2)20(24,25)16-8-5-14(6-9-16)12-36(29,30)13-15-7-10-18(17(21)11-15)33-34(26,27)19(22)23/h5-11,19H,3-4,12-13H2,1-2H3,(H,26,27). The molecule has 2 rings (SSSR count). The summed E-state index contributed by atoms with van der Waals surface area (Å²) in [6, 6.07) is 7.68. The minimum atomic E-state index is -5.22. The molecule has 0 amide bonds. The summed E-state index contributed by atoms with van der Waals surface area (Å²) in [6.07, 6.45) is -3.62. The molecule has 2 aromatic rings. The van der Waals surface area contributed by atoms with Crippen molar-refractivity contribution in [2.24, 2.45) is 0 Å². The van der Waals surface area contributed by atoms with Gasteiger partial charge in [0.15, 0.2) is 9.84 Å². The zero-order valence-electron chi connectivity index (χ0n) is 18.9. The molecular weight excluding hydrogens is 618 g/mol. The van der Waals surface area contributed by atoms with Crippen LogP contribution in [0.5, 0.6) is 5.75 Å². The van der Waals surface area contributed by atoms with Gasteiger partial charge < -0.3 is 18.5 Å². The van der Waals surface area contributed by atoms with Crippen LogP contribution in [0.3, 0.4) is 0 Å². The van der Waals surface area contributed by atoms with Gasteiger partial charge in [-0.1, -0.05) is 30.3 Å². The lowest BCUT2D eigenvalue weighted by atomic mass is 10.1. The number of benzene rings is 2. The van der Waals surface area contributed by atoms with Crippen molar-refractivity contribution in [1.29, 1.82) is 0 Å². The van der Waals surface area contributed by atoms with Crippen LogP contribution in [0.2, 0.25) is 0 Å². The fourth-order valence-corrected chi connectivity index (χ4v) is 7.13. The van der Waals surface area contributed by atoms with Crippen LogP contribution in [0.25, 0.3) is 0 Å². The first-order chi connectivity index (χ1) is 16.6. The largest absolute Gasteiger partial charge is 0.442 e. The average molecular weight is 641 g/mol. The summed E-state index contributed by atoms with van der Waals surface area (Å²) in [5.41, 5.74) is -4.25. The minimum Gasteiger partial charge on any atom is -0.420 e. The molecule has 0 spiro atoms. The van der Waals surface area contributed by atoms with Gasteiger partial charge in [-0.2, -0.15) is 17.6 Å². The molecule has 0 radical (unpaired) electrons. The lowest BCUT2D eigenvalue weighted by Crippen LogP contribution is -2.18. The molecule has 0 aromatic heterocycles. The average Bonchev–Trinajstić information content (AvgIpc) is 2.75. The Morgan fingerprint density at radius 1 is 0.972 bits per heavy atom. The van der Waals surface area contributed by atoms with Gasteiger partial charge in [0.1, 0.15) is 5.75 Å². The summed E-state index contributed by atoms with van der Waals surface area (Å²) < 4.78 is 118. The van der Waals surface area contributed by atoms with E-state index in [1.54, 1.807) is 0 Å². The fourth-order valence-electron chi connectivity index (χ4n) is 2.95. The highest BCUT2D eigenvalue weighted by atomic mass is 79.9. The van der Waals surface area contributed by atoms with Gasteiger partial charge in [0, 0.05) is 5.56 Å². The third kappa shape index (κ3) is 7.63. The van der Waals surface area contributed by atoms with E-state index in [-0.39, 0.29) is 34.6 Å². The Labute approximate surface area is 214 Å². The zero-order chi connectivity index (χ0) is 27.4. The van der Waals surface area contributed by atoms with Crippen LogP contribution in [0.1, 0.15) is 30.5 Å². The summed E-state index contributed by atoms with van der Waals surface area (Å²) in [5.74, 6) is -1.42. The first kappa shape index (κ1) is 31.0. The van der Waals surface area contributed by atoms with E-state index in [2.05, 4.69) is 20.5 Å². The van der Waals surface area contributed by atoms with Gasteiger partial charge >= 0.3 is 27.0 Å². The predicted octanol–water partition coefficient (Wildman–Crippen LogP) is 6.67. The quantitative estimate of drug-likeness (QED) is 0.191. The summed E-state index contributed by atoms with van der Waals surface area (Å²) in [4.78, 5) is 9.15. The third-order valence-electron chi connectivity index (χ3n) is 4.49. The van der Waals surface area contributed by atoms with Crippen LogP contribution < -0.4 is 4.52 Å². The van der Waals surface area contributed by atoms with Gasteiger partial charge in [-0.05, 0) is 53.0 Å². The molecule has 0 bridgehead atoms. The Balaban J connectivity index is 2.17. The van der Waals surface area contributed by atoms with Crippen LogP contribution in [0.4, 0.5) is 17.6 Å². The van der Waals surface area contributed by atoms with Crippen molar-refractivity contribution in [3.8, 4) is 5.75 Å². The number of hydrogen-bond acceptors (Lipinski definition) is 7. The first-order valence-electron chi connectivity index (χ1n) is 10.2.